The molecule has 3 nitrogen and oxygen atoms in total. The molecule has 0 radical (unpaired) electrons. The first kappa shape index (κ1) is 14.0. The van der Waals surface area contributed by atoms with Crippen LogP contribution in [-0.2, 0) is 7.05 Å². The fourth-order valence-corrected chi connectivity index (χ4v) is 2.77. The molecular weight excluding hydrogens is 254 g/mol. The summed E-state index contributed by atoms with van der Waals surface area (Å²) in [6.07, 6.45) is 0. The van der Waals surface area contributed by atoms with Gasteiger partial charge in [0.05, 0.1) is 5.69 Å². The van der Waals surface area contributed by atoms with E-state index in [2.05, 4.69) is 73.9 Å². The van der Waals surface area contributed by atoms with Crippen LogP contribution in [0.15, 0.2) is 34.3 Å². The molecule has 2 rings (SSSR count). The zero-order valence-electron chi connectivity index (χ0n) is 12.2. The Bertz CT molecular complexity index is 556. The van der Waals surface area contributed by atoms with Crippen LogP contribution in [0.5, 0.6) is 0 Å². The molecule has 0 aliphatic carbocycles. The highest BCUT2D eigenvalue weighted by Gasteiger charge is 2.09. The van der Waals surface area contributed by atoms with Gasteiger partial charge in [-0.3, -0.25) is 0 Å². The zero-order chi connectivity index (χ0) is 14.0. The molecule has 1 N–H and O–H groups in total. The number of anilines is 1. The van der Waals surface area contributed by atoms with E-state index >= 15 is 0 Å². The van der Waals surface area contributed by atoms with E-state index in [9.17, 15) is 0 Å². The Morgan fingerprint density at radius 1 is 1.16 bits per heavy atom. The predicted octanol–water partition coefficient (Wildman–Crippen LogP) is 4.01. The van der Waals surface area contributed by atoms with Gasteiger partial charge in [-0.1, -0.05) is 11.8 Å². The molecule has 0 spiro atoms. The van der Waals surface area contributed by atoms with Gasteiger partial charge in [0.25, 0.3) is 0 Å². The summed E-state index contributed by atoms with van der Waals surface area (Å²) in [5.41, 5.74) is 3.48. The summed E-state index contributed by atoms with van der Waals surface area (Å²) in [4.78, 5) is 5.80. The van der Waals surface area contributed by atoms with Crippen molar-refractivity contribution in [2.45, 2.75) is 43.8 Å². The SMILES string of the molecule is Cc1nc(Sc2ccc(NC(C)C)cc2)n(C)c1C. The molecule has 0 aliphatic heterocycles. The van der Waals surface area contributed by atoms with Gasteiger partial charge in [-0.2, -0.15) is 0 Å². The zero-order valence-corrected chi connectivity index (χ0v) is 13.0. The standard InChI is InChI=1S/C15H21N3S/c1-10(2)16-13-6-8-14(9-7-13)19-15-17-11(3)12(4)18(15)5/h6-10,16H,1-5H3. The van der Waals surface area contributed by atoms with E-state index in [1.807, 2.05) is 0 Å². The third-order valence-electron chi connectivity index (χ3n) is 3.10. The van der Waals surface area contributed by atoms with E-state index in [1.54, 1.807) is 11.8 Å². The Balaban J connectivity index is 2.13. The fraction of sp³-hybridized carbons (Fsp3) is 0.400. The van der Waals surface area contributed by atoms with E-state index in [1.165, 1.54) is 10.6 Å². The van der Waals surface area contributed by atoms with Crippen molar-refractivity contribution < 1.29 is 0 Å². The van der Waals surface area contributed by atoms with Crippen LogP contribution in [0.2, 0.25) is 0 Å². The minimum absolute atomic E-state index is 0.457. The van der Waals surface area contributed by atoms with Crippen molar-refractivity contribution in [3.8, 4) is 0 Å². The average molecular weight is 275 g/mol. The average Bonchev–Trinajstić information content (AvgIpc) is 2.59. The number of nitrogens with one attached hydrogen (secondary N) is 1. The van der Waals surface area contributed by atoms with Crippen LogP contribution in [0, 0.1) is 13.8 Å². The van der Waals surface area contributed by atoms with Crippen LogP contribution >= 0.6 is 11.8 Å². The Hall–Kier alpha value is -1.42. The summed E-state index contributed by atoms with van der Waals surface area (Å²) in [7, 11) is 2.06. The molecule has 0 atom stereocenters. The van der Waals surface area contributed by atoms with E-state index in [0.717, 1.165) is 16.5 Å². The Morgan fingerprint density at radius 2 is 1.79 bits per heavy atom. The summed E-state index contributed by atoms with van der Waals surface area (Å²) in [5.74, 6) is 0. The second-order valence-corrected chi connectivity index (χ2v) is 6.09. The van der Waals surface area contributed by atoms with Crippen molar-refractivity contribution in [3.63, 3.8) is 0 Å². The van der Waals surface area contributed by atoms with E-state index < -0.39 is 0 Å². The molecule has 19 heavy (non-hydrogen) atoms. The molecule has 102 valence electrons. The molecule has 1 heterocycles. The van der Waals surface area contributed by atoms with Gasteiger partial charge in [0.2, 0.25) is 0 Å². The second kappa shape index (κ2) is 5.70. The summed E-state index contributed by atoms with van der Waals surface area (Å²) in [5, 5.41) is 4.43. The number of rotatable bonds is 4. The minimum atomic E-state index is 0.457. The van der Waals surface area contributed by atoms with Crippen LogP contribution < -0.4 is 5.32 Å². The van der Waals surface area contributed by atoms with Gasteiger partial charge in [0, 0.05) is 29.4 Å². The number of hydrogen-bond acceptors (Lipinski definition) is 3. The maximum atomic E-state index is 4.59. The first-order valence-electron chi connectivity index (χ1n) is 6.51. The summed E-state index contributed by atoms with van der Waals surface area (Å²) >= 11 is 1.70. The molecule has 1 aromatic carbocycles. The maximum absolute atomic E-state index is 4.59. The van der Waals surface area contributed by atoms with Crippen molar-refractivity contribution in [2.24, 2.45) is 7.05 Å². The third kappa shape index (κ3) is 3.32. The molecule has 2 aromatic rings. The van der Waals surface area contributed by atoms with Gasteiger partial charge in [-0.05, 0) is 52.0 Å². The van der Waals surface area contributed by atoms with Crippen LogP contribution in [0.3, 0.4) is 0 Å². The lowest BCUT2D eigenvalue weighted by molar-refractivity contribution is 0.766. The molecular formula is C15H21N3S. The Labute approximate surface area is 119 Å². The highest BCUT2D eigenvalue weighted by Crippen LogP contribution is 2.28. The van der Waals surface area contributed by atoms with Gasteiger partial charge in [0.15, 0.2) is 5.16 Å². The lowest BCUT2D eigenvalue weighted by Crippen LogP contribution is -2.09. The van der Waals surface area contributed by atoms with Crippen molar-refractivity contribution >= 4 is 17.4 Å². The van der Waals surface area contributed by atoms with E-state index in [4.69, 9.17) is 0 Å². The molecule has 0 bridgehead atoms. The lowest BCUT2D eigenvalue weighted by atomic mass is 10.3. The largest absolute Gasteiger partial charge is 0.383 e. The number of aryl methyl sites for hydroxylation is 1. The monoisotopic (exact) mass is 275 g/mol. The number of imidazole rings is 1. The third-order valence-corrected chi connectivity index (χ3v) is 4.15. The van der Waals surface area contributed by atoms with Crippen LogP contribution in [-0.4, -0.2) is 15.6 Å². The highest BCUT2D eigenvalue weighted by atomic mass is 32.2. The van der Waals surface area contributed by atoms with Crippen molar-refractivity contribution in [1.82, 2.24) is 9.55 Å². The summed E-state index contributed by atoms with van der Waals surface area (Å²) in [6.45, 7) is 8.43. The number of aromatic nitrogens is 2. The first-order valence-corrected chi connectivity index (χ1v) is 7.33. The fourth-order valence-electron chi connectivity index (χ4n) is 1.83. The number of hydrogen-bond donors (Lipinski definition) is 1. The summed E-state index contributed by atoms with van der Waals surface area (Å²) < 4.78 is 2.14. The smallest absolute Gasteiger partial charge is 0.173 e. The van der Waals surface area contributed by atoms with Crippen molar-refractivity contribution in [2.75, 3.05) is 5.32 Å². The molecule has 0 aliphatic rings. The summed E-state index contributed by atoms with van der Waals surface area (Å²) in [6, 6.07) is 8.96. The topological polar surface area (TPSA) is 29.9 Å². The molecule has 0 saturated heterocycles. The number of nitrogens with zero attached hydrogens (tertiary/aromatic N) is 2. The van der Waals surface area contributed by atoms with Gasteiger partial charge >= 0.3 is 0 Å². The molecule has 0 unspecified atom stereocenters. The Kier molecular flexibility index (Phi) is 4.20. The lowest BCUT2D eigenvalue weighted by Gasteiger charge is -2.10. The normalized spacial score (nSPS) is 11.1. The quantitative estimate of drug-likeness (QED) is 0.914. The van der Waals surface area contributed by atoms with E-state index in [-0.39, 0.29) is 0 Å². The van der Waals surface area contributed by atoms with Crippen LogP contribution in [0.25, 0.3) is 0 Å². The second-order valence-electron chi connectivity index (χ2n) is 5.05. The van der Waals surface area contributed by atoms with Crippen LogP contribution in [0.1, 0.15) is 25.2 Å². The van der Waals surface area contributed by atoms with Gasteiger partial charge in [0.1, 0.15) is 0 Å². The van der Waals surface area contributed by atoms with Gasteiger partial charge < -0.3 is 9.88 Å². The van der Waals surface area contributed by atoms with Gasteiger partial charge in [-0.15, -0.1) is 0 Å². The molecule has 0 amide bonds. The molecule has 0 saturated carbocycles. The van der Waals surface area contributed by atoms with Crippen molar-refractivity contribution in [3.05, 3.63) is 35.7 Å². The number of benzene rings is 1. The highest BCUT2D eigenvalue weighted by molar-refractivity contribution is 7.99. The minimum Gasteiger partial charge on any atom is -0.383 e. The Morgan fingerprint density at radius 3 is 2.26 bits per heavy atom. The molecule has 1 aromatic heterocycles. The predicted molar refractivity (Wildman–Crippen MR) is 82.0 cm³/mol. The molecule has 4 heteroatoms. The van der Waals surface area contributed by atoms with E-state index in [0.29, 0.717) is 6.04 Å². The first-order chi connectivity index (χ1) is 8.97. The molecule has 0 fully saturated rings. The van der Waals surface area contributed by atoms with Gasteiger partial charge in [-0.25, -0.2) is 4.98 Å². The maximum Gasteiger partial charge on any atom is 0.173 e. The van der Waals surface area contributed by atoms with Crippen LogP contribution in [0.4, 0.5) is 5.69 Å². The van der Waals surface area contributed by atoms with Crippen molar-refractivity contribution in [1.29, 1.82) is 0 Å².